The van der Waals surface area contributed by atoms with Crippen LogP contribution in [0.3, 0.4) is 0 Å². The SMILES string of the molecule is CCC1COCCN1c1cc(C(=O)OC)c(N)cc1F. The zero-order valence-corrected chi connectivity index (χ0v) is 11.7. The van der Waals surface area contributed by atoms with Crippen LogP contribution in [0.5, 0.6) is 0 Å². The lowest BCUT2D eigenvalue weighted by Gasteiger charge is -2.37. The molecule has 0 spiro atoms. The maximum atomic E-state index is 14.2. The van der Waals surface area contributed by atoms with Crippen molar-refractivity contribution in [2.75, 3.05) is 37.5 Å². The topological polar surface area (TPSA) is 64.8 Å². The second-order valence-corrected chi connectivity index (χ2v) is 4.71. The van der Waals surface area contributed by atoms with E-state index in [0.717, 1.165) is 6.42 Å². The summed E-state index contributed by atoms with van der Waals surface area (Å²) in [6.45, 7) is 3.68. The van der Waals surface area contributed by atoms with Crippen molar-refractivity contribution in [1.82, 2.24) is 0 Å². The number of carbonyl (C=O) groups is 1. The molecule has 2 rings (SSSR count). The van der Waals surface area contributed by atoms with E-state index >= 15 is 0 Å². The molecule has 0 aromatic heterocycles. The van der Waals surface area contributed by atoms with Crippen molar-refractivity contribution < 1.29 is 18.7 Å². The van der Waals surface area contributed by atoms with Crippen LogP contribution in [-0.2, 0) is 9.47 Å². The number of nitrogens with zero attached hydrogens (tertiary/aromatic N) is 1. The average molecular weight is 282 g/mol. The summed E-state index contributed by atoms with van der Waals surface area (Å²) in [5.41, 5.74) is 6.32. The fourth-order valence-electron chi connectivity index (χ4n) is 2.39. The van der Waals surface area contributed by atoms with Crippen molar-refractivity contribution in [2.45, 2.75) is 19.4 Å². The number of nitrogens with two attached hydrogens (primary N) is 1. The van der Waals surface area contributed by atoms with E-state index in [1.165, 1.54) is 19.2 Å². The molecule has 6 heteroatoms. The molecule has 5 nitrogen and oxygen atoms in total. The largest absolute Gasteiger partial charge is 0.465 e. The van der Waals surface area contributed by atoms with E-state index in [9.17, 15) is 9.18 Å². The zero-order chi connectivity index (χ0) is 14.7. The van der Waals surface area contributed by atoms with Gasteiger partial charge in [0.15, 0.2) is 0 Å². The first-order valence-corrected chi connectivity index (χ1v) is 6.60. The van der Waals surface area contributed by atoms with Crippen molar-refractivity contribution in [3.63, 3.8) is 0 Å². The predicted octanol–water partition coefficient (Wildman–Crippen LogP) is 1.81. The molecule has 1 fully saturated rings. The first kappa shape index (κ1) is 14.6. The maximum Gasteiger partial charge on any atom is 0.340 e. The molecule has 1 saturated heterocycles. The molecule has 0 bridgehead atoms. The van der Waals surface area contributed by atoms with Crippen LogP contribution in [0.1, 0.15) is 23.7 Å². The van der Waals surface area contributed by atoms with Gasteiger partial charge in [-0.15, -0.1) is 0 Å². The molecule has 1 aromatic carbocycles. The molecule has 1 aliphatic heterocycles. The van der Waals surface area contributed by atoms with Gasteiger partial charge in [0.25, 0.3) is 0 Å². The van der Waals surface area contributed by atoms with E-state index in [4.69, 9.17) is 10.5 Å². The summed E-state index contributed by atoms with van der Waals surface area (Å²) in [5, 5.41) is 0. The summed E-state index contributed by atoms with van der Waals surface area (Å²) in [6.07, 6.45) is 0.831. The summed E-state index contributed by atoms with van der Waals surface area (Å²) >= 11 is 0. The molecule has 1 unspecified atom stereocenters. The molecule has 2 N–H and O–H groups in total. The number of nitrogen functional groups attached to an aromatic ring is 1. The number of hydrogen-bond acceptors (Lipinski definition) is 5. The number of esters is 1. The summed E-state index contributed by atoms with van der Waals surface area (Å²) in [7, 11) is 1.27. The number of morpholine rings is 1. The summed E-state index contributed by atoms with van der Waals surface area (Å²) in [4.78, 5) is 13.6. The van der Waals surface area contributed by atoms with Crippen molar-refractivity contribution >= 4 is 17.3 Å². The molecule has 0 saturated carbocycles. The van der Waals surface area contributed by atoms with Gasteiger partial charge in [-0.05, 0) is 18.6 Å². The van der Waals surface area contributed by atoms with Crippen LogP contribution in [-0.4, -0.2) is 38.9 Å². The quantitative estimate of drug-likeness (QED) is 0.676. The summed E-state index contributed by atoms with van der Waals surface area (Å²) in [6, 6.07) is 2.72. The van der Waals surface area contributed by atoms with Crippen LogP contribution in [0.4, 0.5) is 15.8 Å². The van der Waals surface area contributed by atoms with Gasteiger partial charge in [0.05, 0.1) is 37.6 Å². The molecular weight excluding hydrogens is 263 g/mol. The number of ether oxygens (including phenoxy) is 2. The molecule has 1 aliphatic rings. The van der Waals surface area contributed by atoms with Crippen molar-refractivity contribution in [2.24, 2.45) is 0 Å². The highest BCUT2D eigenvalue weighted by molar-refractivity contribution is 5.96. The standard InChI is InChI=1S/C14H19FN2O3/c1-3-9-8-20-5-4-17(9)13-6-10(14(18)19-2)12(16)7-11(13)15/h6-7,9H,3-5,8,16H2,1-2H3. The minimum atomic E-state index is -0.565. The van der Waals surface area contributed by atoms with E-state index in [2.05, 4.69) is 4.74 Å². The van der Waals surface area contributed by atoms with Gasteiger partial charge in [-0.25, -0.2) is 9.18 Å². The van der Waals surface area contributed by atoms with E-state index in [1.807, 2.05) is 11.8 Å². The molecule has 1 aromatic rings. The van der Waals surface area contributed by atoms with Crippen LogP contribution < -0.4 is 10.6 Å². The lowest BCUT2D eigenvalue weighted by Crippen LogP contribution is -2.45. The Morgan fingerprint density at radius 2 is 2.35 bits per heavy atom. The minimum Gasteiger partial charge on any atom is -0.465 e. The lowest BCUT2D eigenvalue weighted by atomic mass is 10.1. The maximum absolute atomic E-state index is 14.2. The third-order valence-corrected chi connectivity index (χ3v) is 3.53. The van der Waals surface area contributed by atoms with Gasteiger partial charge in [-0.3, -0.25) is 0 Å². The second kappa shape index (κ2) is 6.09. The molecule has 20 heavy (non-hydrogen) atoms. The first-order valence-electron chi connectivity index (χ1n) is 6.60. The summed E-state index contributed by atoms with van der Waals surface area (Å²) < 4.78 is 24.3. The molecular formula is C14H19FN2O3. The van der Waals surface area contributed by atoms with Crippen LogP contribution in [0.25, 0.3) is 0 Å². The van der Waals surface area contributed by atoms with Gasteiger partial charge >= 0.3 is 5.97 Å². The van der Waals surface area contributed by atoms with Gasteiger partial charge in [0, 0.05) is 12.2 Å². The number of hydrogen-bond donors (Lipinski definition) is 1. The number of anilines is 2. The highest BCUT2D eigenvalue weighted by Gasteiger charge is 2.26. The normalized spacial score (nSPS) is 18.9. The smallest absolute Gasteiger partial charge is 0.340 e. The van der Waals surface area contributed by atoms with E-state index in [1.54, 1.807) is 0 Å². The number of carbonyl (C=O) groups excluding carboxylic acids is 1. The number of rotatable bonds is 3. The average Bonchev–Trinajstić information content (AvgIpc) is 2.46. The van der Waals surface area contributed by atoms with Crippen LogP contribution in [0, 0.1) is 5.82 Å². The van der Waals surface area contributed by atoms with Gasteiger partial charge in [0.2, 0.25) is 0 Å². The second-order valence-electron chi connectivity index (χ2n) is 4.71. The van der Waals surface area contributed by atoms with Crippen LogP contribution >= 0.6 is 0 Å². The third-order valence-electron chi connectivity index (χ3n) is 3.53. The Balaban J connectivity index is 2.42. The minimum absolute atomic E-state index is 0.0828. The van der Waals surface area contributed by atoms with Gasteiger partial charge < -0.3 is 20.1 Å². The van der Waals surface area contributed by atoms with E-state index in [0.29, 0.717) is 25.4 Å². The zero-order valence-electron chi connectivity index (χ0n) is 11.7. The lowest BCUT2D eigenvalue weighted by molar-refractivity contribution is 0.0602. The predicted molar refractivity (Wildman–Crippen MR) is 74.4 cm³/mol. The number of methoxy groups -OCH3 is 1. The highest BCUT2D eigenvalue weighted by Crippen LogP contribution is 2.29. The highest BCUT2D eigenvalue weighted by atomic mass is 19.1. The summed E-state index contributed by atoms with van der Waals surface area (Å²) in [5.74, 6) is -0.999. The fraction of sp³-hybridized carbons (Fsp3) is 0.500. The fourth-order valence-corrected chi connectivity index (χ4v) is 2.39. The van der Waals surface area contributed by atoms with Crippen molar-refractivity contribution in [1.29, 1.82) is 0 Å². The van der Waals surface area contributed by atoms with Crippen molar-refractivity contribution in [3.05, 3.63) is 23.5 Å². The van der Waals surface area contributed by atoms with Gasteiger partial charge in [-0.1, -0.05) is 6.92 Å². The monoisotopic (exact) mass is 282 g/mol. The van der Waals surface area contributed by atoms with Crippen LogP contribution in [0.15, 0.2) is 12.1 Å². The Kier molecular flexibility index (Phi) is 4.44. The van der Waals surface area contributed by atoms with Gasteiger partial charge in [0.1, 0.15) is 5.82 Å². The van der Waals surface area contributed by atoms with E-state index < -0.39 is 11.8 Å². The van der Waals surface area contributed by atoms with Crippen LogP contribution in [0.2, 0.25) is 0 Å². The molecule has 0 radical (unpaired) electrons. The Morgan fingerprint density at radius 3 is 3.00 bits per heavy atom. The van der Waals surface area contributed by atoms with Crippen molar-refractivity contribution in [3.8, 4) is 0 Å². The molecule has 1 atom stereocenters. The first-order chi connectivity index (χ1) is 9.58. The molecule has 1 heterocycles. The van der Waals surface area contributed by atoms with Gasteiger partial charge in [-0.2, -0.15) is 0 Å². The number of halogens is 1. The Hall–Kier alpha value is -1.82. The Labute approximate surface area is 117 Å². The number of benzene rings is 1. The third kappa shape index (κ3) is 2.70. The molecule has 0 amide bonds. The van der Waals surface area contributed by atoms with E-state index in [-0.39, 0.29) is 17.3 Å². The Bertz CT molecular complexity index is 507. The Morgan fingerprint density at radius 1 is 1.60 bits per heavy atom. The molecule has 0 aliphatic carbocycles. The molecule has 110 valence electrons.